The van der Waals surface area contributed by atoms with Crippen molar-refractivity contribution in [1.82, 2.24) is 25.2 Å². The number of nitrogens with zero attached hydrogens (tertiary/aromatic N) is 5. The monoisotopic (exact) mass is 361 g/mol. The number of hydrogen-bond acceptors (Lipinski definition) is 5. The van der Waals surface area contributed by atoms with Crippen LogP contribution >= 0.6 is 0 Å². The maximum atomic E-state index is 5.69. The quantitative estimate of drug-likeness (QED) is 0.510. The van der Waals surface area contributed by atoms with Crippen LogP contribution in [0.2, 0.25) is 0 Å². The fourth-order valence-electron chi connectivity index (χ4n) is 3.50. The van der Waals surface area contributed by atoms with E-state index < -0.39 is 0 Å². The van der Waals surface area contributed by atoms with E-state index in [9.17, 15) is 0 Å². The molecule has 27 heavy (non-hydrogen) atoms. The normalized spacial score (nSPS) is 11.8. The molecule has 0 spiro atoms. The van der Waals surface area contributed by atoms with Crippen LogP contribution in [0.3, 0.4) is 0 Å². The third-order valence-corrected chi connectivity index (χ3v) is 4.79. The summed E-state index contributed by atoms with van der Waals surface area (Å²) in [4.78, 5) is 4.54. The molecule has 0 aliphatic rings. The molecule has 0 saturated heterocycles. The average molecular weight is 361 g/mol. The third-order valence-electron chi connectivity index (χ3n) is 4.79. The SMILES string of the molecule is Cc1nc2c(-c3nnnn3-c3c(C(C)C)cccc3C(C)C)cccc2o1. The molecule has 138 valence electrons. The van der Waals surface area contributed by atoms with Crippen molar-refractivity contribution in [3.05, 3.63) is 53.4 Å². The number of aryl methyl sites for hydroxylation is 1. The van der Waals surface area contributed by atoms with Gasteiger partial charge in [0.05, 0.1) is 11.3 Å². The second-order valence-electron chi connectivity index (χ2n) is 7.39. The van der Waals surface area contributed by atoms with Crippen LogP contribution in [0, 0.1) is 6.92 Å². The van der Waals surface area contributed by atoms with Crippen molar-refractivity contribution in [1.29, 1.82) is 0 Å². The van der Waals surface area contributed by atoms with Crippen LogP contribution < -0.4 is 0 Å². The van der Waals surface area contributed by atoms with Crippen molar-refractivity contribution in [2.24, 2.45) is 0 Å². The first kappa shape index (κ1) is 17.4. The van der Waals surface area contributed by atoms with Crippen LogP contribution in [0.5, 0.6) is 0 Å². The van der Waals surface area contributed by atoms with Crippen molar-refractivity contribution in [3.8, 4) is 17.1 Å². The molecular weight excluding hydrogens is 338 g/mol. The Morgan fingerprint density at radius 2 is 1.59 bits per heavy atom. The van der Waals surface area contributed by atoms with Gasteiger partial charge in [0.25, 0.3) is 0 Å². The molecule has 0 atom stereocenters. The molecule has 0 aliphatic carbocycles. The average Bonchev–Trinajstić information content (AvgIpc) is 3.25. The fourth-order valence-corrected chi connectivity index (χ4v) is 3.50. The van der Waals surface area contributed by atoms with Gasteiger partial charge in [-0.25, -0.2) is 4.98 Å². The standard InChI is InChI=1S/C21H23N5O/c1-12(2)15-8-6-9-16(13(3)4)20(15)26-21(23-24-25-26)17-10-7-11-18-19(17)22-14(5)27-18/h6-13H,1-5H3. The number of aromatic nitrogens is 5. The summed E-state index contributed by atoms with van der Waals surface area (Å²) in [5.74, 6) is 1.99. The molecule has 0 radical (unpaired) electrons. The summed E-state index contributed by atoms with van der Waals surface area (Å²) in [7, 11) is 0. The smallest absolute Gasteiger partial charge is 0.192 e. The van der Waals surface area contributed by atoms with Crippen molar-refractivity contribution in [2.75, 3.05) is 0 Å². The summed E-state index contributed by atoms with van der Waals surface area (Å²) < 4.78 is 7.54. The van der Waals surface area contributed by atoms with E-state index in [1.165, 1.54) is 11.1 Å². The third kappa shape index (κ3) is 2.91. The number of tetrazole rings is 1. The largest absolute Gasteiger partial charge is 0.441 e. The zero-order valence-corrected chi connectivity index (χ0v) is 16.3. The summed E-state index contributed by atoms with van der Waals surface area (Å²) in [6.07, 6.45) is 0. The van der Waals surface area contributed by atoms with Crippen LogP contribution in [0.4, 0.5) is 0 Å². The van der Waals surface area contributed by atoms with Crippen LogP contribution in [-0.2, 0) is 0 Å². The van der Waals surface area contributed by atoms with Gasteiger partial charge in [-0.1, -0.05) is 52.0 Å². The van der Waals surface area contributed by atoms with Gasteiger partial charge in [-0.05, 0) is 45.5 Å². The Hall–Kier alpha value is -3.02. The van der Waals surface area contributed by atoms with Gasteiger partial charge in [0.2, 0.25) is 0 Å². The second kappa shape index (κ2) is 6.61. The van der Waals surface area contributed by atoms with Crippen LogP contribution in [0.1, 0.15) is 56.5 Å². The number of hydrogen-bond donors (Lipinski definition) is 0. The molecule has 0 aliphatic heterocycles. The first-order valence-corrected chi connectivity index (χ1v) is 9.25. The number of para-hydroxylation sites is 2. The van der Waals surface area contributed by atoms with Crippen molar-refractivity contribution >= 4 is 11.1 Å². The highest BCUT2D eigenvalue weighted by Crippen LogP contribution is 2.34. The maximum absolute atomic E-state index is 5.69. The molecule has 0 amide bonds. The first-order valence-electron chi connectivity index (χ1n) is 9.25. The van der Waals surface area contributed by atoms with Gasteiger partial charge in [0, 0.05) is 6.92 Å². The molecule has 0 unspecified atom stereocenters. The summed E-state index contributed by atoms with van der Waals surface area (Å²) in [5.41, 5.74) is 5.87. The molecule has 6 heteroatoms. The maximum Gasteiger partial charge on any atom is 0.192 e. The topological polar surface area (TPSA) is 69.6 Å². The molecule has 4 rings (SSSR count). The summed E-state index contributed by atoms with van der Waals surface area (Å²) in [6, 6.07) is 12.3. The Bertz CT molecular complexity index is 1080. The molecule has 4 aromatic rings. The van der Waals surface area contributed by atoms with Crippen LogP contribution in [0.15, 0.2) is 40.8 Å². The highest BCUT2D eigenvalue weighted by atomic mass is 16.3. The van der Waals surface area contributed by atoms with E-state index >= 15 is 0 Å². The lowest BCUT2D eigenvalue weighted by atomic mass is 9.92. The molecule has 6 nitrogen and oxygen atoms in total. The highest BCUT2D eigenvalue weighted by molar-refractivity contribution is 5.89. The lowest BCUT2D eigenvalue weighted by Gasteiger charge is -2.19. The molecule has 0 saturated carbocycles. The van der Waals surface area contributed by atoms with Crippen LogP contribution in [0.25, 0.3) is 28.2 Å². The van der Waals surface area contributed by atoms with Gasteiger partial charge in [0.1, 0.15) is 5.52 Å². The highest BCUT2D eigenvalue weighted by Gasteiger charge is 2.22. The van der Waals surface area contributed by atoms with Gasteiger partial charge in [-0.2, -0.15) is 4.68 Å². The molecule has 2 aromatic heterocycles. The van der Waals surface area contributed by atoms with Crippen molar-refractivity contribution in [2.45, 2.75) is 46.5 Å². The van der Waals surface area contributed by atoms with Gasteiger partial charge in [0.15, 0.2) is 17.3 Å². The van der Waals surface area contributed by atoms with Gasteiger partial charge in [-0.15, -0.1) is 5.10 Å². The first-order chi connectivity index (χ1) is 13.0. The van der Waals surface area contributed by atoms with E-state index in [1.807, 2.05) is 29.8 Å². The molecule has 0 bridgehead atoms. The van der Waals surface area contributed by atoms with E-state index in [0.717, 1.165) is 22.4 Å². The van der Waals surface area contributed by atoms with Crippen molar-refractivity contribution < 1.29 is 4.42 Å². The Balaban J connectivity index is 2.01. The molecule has 2 aromatic carbocycles. The molecule has 0 fully saturated rings. The minimum atomic E-state index is 0.348. The predicted molar refractivity (Wildman–Crippen MR) is 105 cm³/mol. The summed E-state index contributed by atoms with van der Waals surface area (Å²) in [6.45, 7) is 10.6. The van der Waals surface area contributed by atoms with E-state index in [2.05, 4.69) is 66.4 Å². The lowest BCUT2D eigenvalue weighted by Crippen LogP contribution is -2.10. The van der Waals surface area contributed by atoms with E-state index in [-0.39, 0.29) is 0 Å². The number of benzene rings is 2. The Labute approximate surface area is 158 Å². The molecule has 0 N–H and O–H groups in total. The minimum absolute atomic E-state index is 0.348. The zero-order chi connectivity index (χ0) is 19.1. The van der Waals surface area contributed by atoms with Crippen molar-refractivity contribution in [3.63, 3.8) is 0 Å². The van der Waals surface area contributed by atoms with Crippen LogP contribution in [-0.4, -0.2) is 25.2 Å². The Morgan fingerprint density at radius 3 is 2.26 bits per heavy atom. The van der Waals surface area contributed by atoms with E-state index in [1.54, 1.807) is 0 Å². The second-order valence-corrected chi connectivity index (χ2v) is 7.39. The predicted octanol–water partition coefficient (Wildman–Crippen LogP) is 5.03. The summed E-state index contributed by atoms with van der Waals surface area (Å²) >= 11 is 0. The number of oxazole rings is 1. The molecular formula is C21H23N5O. The van der Waals surface area contributed by atoms with E-state index in [4.69, 9.17) is 4.42 Å². The van der Waals surface area contributed by atoms with E-state index in [0.29, 0.717) is 23.6 Å². The fraction of sp³-hybridized carbons (Fsp3) is 0.333. The minimum Gasteiger partial charge on any atom is -0.441 e. The zero-order valence-electron chi connectivity index (χ0n) is 16.3. The Morgan fingerprint density at radius 1 is 0.926 bits per heavy atom. The number of rotatable bonds is 4. The van der Waals surface area contributed by atoms with Gasteiger partial charge >= 0.3 is 0 Å². The number of fused-ring (bicyclic) bond motifs is 1. The van der Waals surface area contributed by atoms with Gasteiger partial charge < -0.3 is 4.42 Å². The summed E-state index contributed by atoms with van der Waals surface area (Å²) in [5, 5.41) is 12.7. The lowest BCUT2D eigenvalue weighted by molar-refractivity contribution is 0.561. The Kier molecular flexibility index (Phi) is 4.26. The van der Waals surface area contributed by atoms with Gasteiger partial charge in [-0.3, -0.25) is 0 Å². The molecule has 2 heterocycles.